The van der Waals surface area contributed by atoms with Crippen LogP contribution < -0.4 is 32.5 Å². The number of carbonyl (C=O) groups is 2. The van der Waals surface area contributed by atoms with Crippen LogP contribution in [0.5, 0.6) is 0 Å². The number of aromatic amines is 1. The Labute approximate surface area is 386 Å². The van der Waals surface area contributed by atoms with Crippen LogP contribution in [0.1, 0.15) is 101 Å². The van der Waals surface area contributed by atoms with E-state index in [2.05, 4.69) is 64.4 Å². The lowest BCUT2D eigenvalue weighted by Gasteiger charge is -2.47. The molecule has 3 aromatic heterocycles. The molecular formula is C38H55N8O19P3. The molecule has 1 amide bonds. The van der Waals surface area contributed by atoms with E-state index in [1.165, 1.54) is 6.07 Å². The third-order valence-electron chi connectivity index (χ3n) is 11.2. The minimum absolute atomic E-state index is 0.0452. The summed E-state index contributed by atoms with van der Waals surface area (Å²) >= 11 is 0. The molecule has 0 spiro atoms. The van der Waals surface area contributed by atoms with Crippen LogP contribution in [0.3, 0.4) is 0 Å². The highest BCUT2D eigenvalue weighted by Crippen LogP contribution is 2.66. The second-order valence-electron chi connectivity index (χ2n) is 16.8. The van der Waals surface area contributed by atoms with E-state index >= 15 is 0 Å². The average molecular weight is 1020 g/mol. The molecule has 3 unspecified atom stereocenters. The predicted molar refractivity (Wildman–Crippen MR) is 240 cm³/mol. The number of aliphatic hydroxyl groups is 2. The van der Waals surface area contributed by atoms with Crippen molar-refractivity contribution >= 4 is 75.1 Å². The molecule has 1 aromatic carbocycles. The zero-order valence-corrected chi connectivity index (χ0v) is 40.0. The van der Waals surface area contributed by atoms with Gasteiger partial charge < -0.3 is 64.9 Å². The van der Waals surface area contributed by atoms with Gasteiger partial charge in [0, 0.05) is 48.7 Å². The summed E-state index contributed by atoms with van der Waals surface area (Å²) in [6, 6.07) is 5.28. The number of aromatic nitrogens is 4. The van der Waals surface area contributed by atoms with E-state index in [4.69, 9.17) is 29.4 Å². The van der Waals surface area contributed by atoms with Crippen LogP contribution in [0.2, 0.25) is 0 Å². The number of esters is 1. The first kappa shape index (κ1) is 52.8. The zero-order valence-electron chi connectivity index (χ0n) is 37.3. The van der Waals surface area contributed by atoms with Crippen LogP contribution in [-0.2, 0) is 41.1 Å². The second kappa shape index (κ2) is 21.2. The molecule has 1 saturated heterocycles. The number of nitrogens with one attached hydrogen (secondary N) is 3. The molecule has 27 nitrogen and oxygen atoms in total. The largest absolute Gasteiger partial charge is 0.490 e. The van der Waals surface area contributed by atoms with Gasteiger partial charge >= 0.3 is 35.1 Å². The lowest BCUT2D eigenvalue weighted by Crippen LogP contribution is -2.49. The molecule has 0 aliphatic carbocycles. The Morgan fingerprint density at radius 3 is 2.37 bits per heavy atom. The quantitative estimate of drug-likeness (QED) is 0.0234. The molecule has 2 aliphatic rings. The fourth-order valence-corrected chi connectivity index (χ4v) is 11.3. The molecule has 7 atom stereocenters. The van der Waals surface area contributed by atoms with Crippen molar-refractivity contribution < 1.29 is 80.1 Å². The summed E-state index contributed by atoms with van der Waals surface area (Å²) in [5.41, 5.74) is 5.71. The van der Waals surface area contributed by atoms with E-state index in [9.17, 15) is 52.9 Å². The van der Waals surface area contributed by atoms with Crippen molar-refractivity contribution in [2.24, 2.45) is 0 Å². The Kier molecular flexibility index (Phi) is 16.4. The summed E-state index contributed by atoms with van der Waals surface area (Å²) in [7, 11) is -17.1. The number of unbranched alkanes of at least 4 members (excludes halogenated alkanes) is 3. The standard InChI is InChI=1S/C38H55N8O19P3/c1-5-60-34(51)23-16-21-15-22-20(2)18-38(3,4)45(24(22)17-25(21)63-35(23)52)14-10-11-27(47)40-12-8-6-7-9-13-41-37-42-28-31(43-36(39)44-32(28)50)46(37)33-30(49)29(48)26(62-33)19-61-67(56,57)65-68(58,59)64-66(53,54)55/h15-17,20,26,29-30,33,48-49H,5-14,18-19H2,1-4H3,(H,40,47)(H,41,42)(H,56,57)(H,58,59)(H2,53,54,55)(H3,39,43,44,50)/t20?,26-,29-,30-,33-/m1/s1. The summed E-state index contributed by atoms with van der Waals surface area (Å²) in [5, 5.41) is 28.3. The Balaban J connectivity index is 0.977. The van der Waals surface area contributed by atoms with Crippen LogP contribution in [0.15, 0.2) is 32.2 Å². The first-order chi connectivity index (χ1) is 31.8. The Morgan fingerprint density at radius 2 is 1.68 bits per heavy atom. The first-order valence-electron chi connectivity index (χ1n) is 21.4. The van der Waals surface area contributed by atoms with Gasteiger partial charge in [0.2, 0.25) is 17.8 Å². The van der Waals surface area contributed by atoms with E-state index in [0.29, 0.717) is 49.7 Å². The third-order valence-corrected chi connectivity index (χ3v) is 15.0. The van der Waals surface area contributed by atoms with E-state index in [-0.39, 0.29) is 65.6 Å². The minimum Gasteiger partial charge on any atom is -0.462 e. The number of H-pyrrole nitrogens is 1. The molecule has 0 saturated carbocycles. The summed E-state index contributed by atoms with van der Waals surface area (Å²) in [6.45, 7) is 8.36. The predicted octanol–water partition coefficient (Wildman–Crippen LogP) is 2.61. The van der Waals surface area contributed by atoms with Crippen molar-refractivity contribution in [2.45, 2.75) is 109 Å². The van der Waals surface area contributed by atoms with Crippen molar-refractivity contribution in [1.29, 1.82) is 0 Å². The fraction of sp³-hybridized carbons (Fsp3) is 0.579. The molecular weight excluding hydrogens is 965 g/mol. The van der Waals surface area contributed by atoms with Crippen molar-refractivity contribution in [3.63, 3.8) is 0 Å². The number of benzene rings is 1. The van der Waals surface area contributed by atoms with Crippen molar-refractivity contribution in [1.82, 2.24) is 24.8 Å². The van der Waals surface area contributed by atoms with Gasteiger partial charge in [-0.25, -0.2) is 28.3 Å². The maximum Gasteiger partial charge on any atom is 0.490 e. The number of phosphoric acid groups is 3. The number of hydrogen-bond donors (Lipinski definition) is 10. The summed E-state index contributed by atoms with van der Waals surface area (Å²) in [6.07, 6.45) is -2.56. The number of amides is 1. The molecule has 4 aromatic rings. The minimum atomic E-state index is -5.84. The highest BCUT2D eigenvalue weighted by molar-refractivity contribution is 7.66. The van der Waals surface area contributed by atoms with E-state index < -0.39 is 71.8 Å². The molecule has 0 radical (unpaired) electrons. The van der Waals surface area contributed by atoms with Crippen LogP contribution >= 0.6 is 23.5 Å². The van der Waals surface area contributed by atoms with Gasteiger partial charge in [0.25, 0.3) is 5.56 Å². The molecule has 5 heterocycles. The van der Waals surface area contributed by atoms with Crippen molar-refractivity contribution in [3.05, 3.63) is 50.1 Å². The topological polar surface area (TPSA) is 400 Å². The molecule has 376 valence electrons. The van der Waals surface area contributed by atoms with E-state index in [1.54, 1.807) is 6.92 Å². The van der Waals surface area contributed by atoms with Crippen LogP contribution in [0.25, 0.3) is 22.1 Å². The maximum atomic E-state index is 12.9. The zero-order chi connectivity index (χ0) is 49.9. The molecule has 30 heteroatoms. The Morgan fingerprint density at radius 1 is 0.971 bits per heavy atom. The lowest BCUT2D eigenvalue weighted by molar-refractivity contribution is -0.121. The number of ether oxygens (including phenoxy) is 2. The second-order valence-corrected chi connectivity index (χ2v) is 21.3. The number of anilines is 3. The Hall–Kier alpha value is -4.59. The van der Waals surface area contributed by atoms with Crippen LogP contribution in [0, 0.1) is 0 Å². The van der Waals surface area contributed by atoms with Gasteiger partial charge in [-0.1, -0.05) is 19.8 Å². The Bertz CT molecular complexity index is 2780. The van der Waals surface area contributed by atoms with Gasteiger partial charge in [-0.15, -0.1) is 0 Å². The summed E-state index contributed by atoms with van der Waals surface area (Å²) in [4.78, 5) is 100. The lowest BCUT2D eigenvalue weighted by atomic mass is 9.79. The molecule has 2 aliphatic heterocycles. The fourth-order valence-electron chi connectivity index (χ4n) is 8.31. The van der Waals surface area contributed by atoms with Gasteiger partial charge in [0.1, 0.15) is 29.5 Å². The molecule has 1 fully saturated rings. The van der Waals surface area contributed by atoms with Crippen LogP contribution in [0.4, 0.5) is 17.6 Å². The number of rotatable bonds is 22. The summed E-state index contributed by atoms with van der Waals surface area (Å²) in [5.74, 6) is -1.04. The van der Waals surface area contributed by atoms with E-state index in [0.717, 1.165) is 28.7 Å². The number of nitrogen functional groups attached to an aromatic ring is 1. The number of nitrogens with zero attached hydrogens (tertiary/aromatic N) is 4. The number of phosphoric ester groups is 1. The molecule has 68 heavy (non-hydrogen) atoms. The van der Waals surface area contributed by atoms with Crippen molar-refractivity contribution in [2.75, 3.05) is 48.8 Å². The van der Waals surface area contributed by atoms with Gasteiger partial charge in [-0.05, 0) is 70.1 Å². The maximum absolute atomic E-state index is 12.9. The number of carbonyl (C=O) groups excluding carboxylic acids is 2. The SMILES string of the molecule is CCOC(=O)c1cc2cc3c(cc2oc1=O)N(CCCC(=O)NCCCCCCNc1nc2c(=O)[nH]c(N)nc2n1[C@@H]1O[C@H](COP(=O)(O)OP(=O)(O)OP(=O)(O)O)[C@@H](O)[C@H]1O)C(C)(C)CC3C. The normalized spacial score (nSPS) is 22.1. The summed E-state index contributed by atoms with van der Waals surface area (Å²) < 4.78 is 64.2. The number of imidazole rings is 1. The molecule has 6 rings (SSSR count). The van der Waals surface area contributed by atoms with Gasteiger partial charge in [0.15, 0.2) is 17.4 Å². The van der Waals surface area contributed by atoms with Crippen LogP contribution in [-0.4, -0.2) is 118 Å². The first-order valence-corrected chi connectivity index (χ1v) is 26.0. The number of nitrogens with two attached hydrogens (primary N) is 1. The monoisotopic (exact) mass is 1020 g/mol. The third kappa shape index (κ3) is 12.8. The van der Waals surface area contributed by atoms with Crippen molar-refractivity contribution in [3.8, 4) is 0 Å². The highest BCUT2D eigenvalue weighted by atomic mass is 31.3. The average Bonchev–Trinajstić information content (AvgIpc) is 3.71. The number of fused-ring (bicyclic) bond motifs is 3. The number of aliphatic hydroxyl groups excluding tert-OH is 2. The number of hydrogen-bond acceptors (Lipinski definition) is 20. The van der Waals surface area contributed by atoms with Gasteiger partial charge in [-0.3, -0.25) is 23.7 Å². The molecule has 11 N–H and O–H groups in total. The van der Waals surface area contributed by atoms with E-state index in [1.807, 2.05) is 12.1 Å². The van der Waals surface area contributed by atoms with Gasteiger partial charge in [0.05, 0.1) is 13.2 Å². The smallest absolute Gasteiger partial charge is 0.462 e. The van der Waals surface area contributed by atoms with Gasteiger partial charge in [-0.2, -0.15) is 13.6 Å². The molecule has 0 bridgehead atoms. The highest BCUT2D eigenvalue weighted by Gasteiger charge is 2.48.